The molecule has 14 heavy (non-hydrogen) atoms. The molecule has 0 aromatic heterocycles. The van der Waals surface area contributed by atoms with Crippen LogP contribution in [-0.2, 0) is 0 Å². The third-order valence-corrected chi connectivity index (χ3v) is 4.99. The Bertz CT molecular complexity index is 375. The van der Waals surface area contributed by atoms with E-state index < -0.39 is 0 Å². The quantitative estimate of drug-likeness (QED) is 0.571. The summed E-state index contributed by atoms with van der Waals surface area (Å²) in [5, 5.41) is 3.71. The monoisotopic (exact) mass is 299 g/mol. The second kappa shape index (κ2) is 3.12. The van der Waals surface area contributed by atoms with E-state index in [-0.39, 0.29) is 0 Å². The minimum Gasteiger partial charge on any atom is -0.380 e. The normalized spacial score (nSPS) is 33.7. The number of nitrogens with one attached hydrogen (secondary N) is 1. The maximum Gasteiger partial charge on any atom is 0.0448 e. The van der Waals surface area contributed by atoms with Crippen LogP contribution in [0, 0.1) is 6.92 Å². The van der Waals surface area contributed by atoms with Gasteiger partial charge in [-0.05, 0) is 30.9 Å². The molecule has 1 aromatic carbocycles. The molecule has 1 nitrogen and oxygen atoms in total. The zero-order valence-corrected chi connectivity index (χ0v) is 10.4. The van der Waals surface area contributed by atoms with E-state index >= 15 is 0 Å². The molecule has 3 unspecified atom stereocenters. The molecule has 2 aliphatic rings. The standard InChI is InChI=1S/C12H14IN/c1-7-3-2-4-8-9-5-6-10(13)12(9)14-11(7)8/h2-4,9-10,12,14H,5-6H2,1H3. The van der Waals surface area contributed by atoms with E-state index in [9.17, 15) is 0 Å². The van der Waals surface area contributed by atoms with Crippen molar-refractivity contribution in [2.24, 2.45) is 0 Å². The molecule has 2 heteroatoms. The molecular weight excluding hydrogens is 285 g/mol. The van der Waals surface area contributed by atoms with Gasteiger partial charge in [0, 0.05) is 21.6 Å². The van der Waals surface area contributed by atoms with E-state index in [0.717, 1.165) is 9.84 Å². The van der Waals surface area contributed by atoms with Gasteiger partial charge in [-0.1, -0.05) is 40.8 Å². The molecule has 3 atom stereocenters. The largest absolute Gasteiger partial charge is 0.380 e. The first-order valence-corrected chi connectivity index (χ1v) is 6.52. The lowest BCUT2D eigenvalue weighted by Gasteiger charge is -2.13. The van der Waals surface area contributed by atoms with Crippen LogP contribution in [0.2, 0.25) is 0 Å². The van der Waals surface area contributed by atoms with Crippen molar-refractivity contribution in [3.05, 3.63) is 29.3 Å². The fourth-order valence-electron chi connectivity index (χ4n) is 2.85. The Labute approximate surface area is 98.4 Å². The average molecular weight is 299 g/mol. The fourth-order valence-corrected chi connectivity index (χ4v) is 3.89. The van der Waals surface area contributed by atoms with E-state index in [0.29, 0.717) is 6.04 Å². The summed E-state index contributed by atoms with van der Waals surface area (Å²) in [4.78, 5) is 0. The topological polar surface area (TPSA) is 12.0 Å². The van der Waals surface area contributed by atoms with Crippen molar-refractivity contribution in [2.45, 2.75) is 35.6 Å². The highest BCUT2D eigenvalue weighted by atomic mass is 127. The molecular formula is C12H14IN. The van der Waals surface area contributed by atoms with Gasteiger partial charge in [0.05, 0.1) is 0 Å². The molecule has 1 fully saturated rings. The minimum absolute atomic E-state index is 0.701. The third-order valence-electron chi connectivity index (χ3n) is 3.59. The first-order valence-electron chi connectivity index (χ1n) is 5.27. The first kappa shape index (κ1) is 9.01. The predicted molar refractivity (Wildman–Crippen MR) is 68.4 cm³/mol. The Morgan fingerprint density at radius 1 is 1.36 bits per heavy atom. The van der Waals surface area contributed by atoms with Crippen molar-refractivity contribution in [3.8, 4) is 0 Å². The molecule has 74 valence electrons. The summed E-state index contributed by atoms with van der Waals surface area (Å²) in [5.74, 6) is 0.784. The summed E-state index contributed by atoms with van der Waals surface area (Å²) in [6.07, 6.45) is 2.73. The van der Waals surface area contributed by atoms with Gasteiger partial charge in [-0.15, -0.1) is 0 Å². The lowest BCUT2D eigenvalue weighted by Crippen LogP contribution is -2.23. The van der Waals surface area contributed by atoms with E-state index in [1.165, 1.54) is 24.1 Å². The van der Waals surface area contributed by atoms with Gasteiger partial charge in [0.25, 0.3) is 0 Å². The molecule has 1 heterocycles. The predicted octanol–water partition coefficient (Wildman–Crippen LogP) is 3.47. The number of alkyl halides is 1. The summed E-state index contributed by atoms with van der Waals surface area (Å²) in [5.41, 5.74) is 4.39. The second-order valence-electron chi connectivity index (χ2n) is 4.41. The first-order chi connectivity index (χ1) is 6.77. The van der Waals surface area contributed by atoms with Gasteiger partial charge in [0.15, 0.2) is 0 Å². The van der Waals surface area contributed by atoms with Crippen LogP contribution in [0.15, 0.2) is 18.2 Å². The van der Waals surface area contributed by atoms with Crippen LogP contribution in [0.1, 0.15) is 29.9 Å². The van der Waals surface area contributed by atoms with Gasteiger partial charge in [-0.2, -0.15) is 0 Å². The third kappa shape index (κ3) is 1.12. The van der Waals surface area contributed by atoms with E-state index in [2.05, 4.69) is 53.0 Å². The highest BCUT2D eigenvalue weighted by Gasteiger charge is 2.41. The molecule has 0 amide bonds. The van der Waals surface area contributed by atoms with Crippen LogP contribution in [0.25, 0.3) is 0 Å². The summed E-state index contributed by atoms with van der Waals surface area (Å²) >= 11 is 2.60. The number of halogens is 1. The maximum atomic E-state index is 3.71. The second-order valence-corrected chi connectivity index (χ2v) is 6.01. The number of fused-ring (bicyclic) bond motifs is 3. The van der Waals surface area contributed by atoms with Crippen LogP contribution in [0.5, 0.6) is 0 Å². The van der Waals surface area contributed by atoms with Gasteiger partial charge in [0.1, 0.15) is 0 Å². The molecule has 0 radical (unpaired) electrons. The minimum atomic E-state index is 0.701. The highest BCUT2D eigenvalue weighted by Crippen LogP contribution is 2.48. The van der Waals surface area contributed by atoms with Crippen molar-refractivity contribution >= 4 is 28.3 Å². The SMILES string of the molecule is Cc1cccc2c1NC1C(I)CCC21. The van der Waals surface area contributed by atoms with Crippen molar-refractivity contribution < 1.29 is 0 Å². The summed E-state index contributed by atoms with van der Waals surface area (Å²) in [6.45, 7) is 2.20. The number of benzene rings is 1. The van der Waals surface area contributed by atoms with Crippen LogP contribution in [-0.4, -0.2) is 9.97 Å². The number of rotatable bonds is 0. The number of anilines is 1. The lowest BCUT2D eigenvalue weighted by molar-refractivity contribution is 0.699. The smallest absolute Gasteiger partial charge is 0.0448 e. The fraction of sp³-hybridized carbons (Fsp3) is 0.500. The molecule has 1 aromatic rings. The molecule has 1 N–H and O–H groups in total. The Morgan fingerprint density at radius 2 is 2.21 bits per heavy atom. The average Bonchev–Trinajstić information content (AvgIpc) is 2.69. The van der Waals surface area contributed by atoms with E-state index in [4.69, 9.17) is 0 Å². The van der Waals surface area contributed by atoms with E-state index in [1.807, 2.05) is 0 Å². The summed E-state index contributed by atoms with van der Waals surface area (Å²) < 4.78 is 0.810. The van der Waals surface area contributed by atoms with Gasteiger partial charge in [-0.25, -0.2) is 0 Å². The van der Waals surface area contributed by atoms with Crippen molar-refractivity contribution in [2.75, 3.05) is 5.32 Å². The van der Waals surface area contributed by atoms with Crippen LogP contribution in [0.4, 0.5) is 5.69 Å². The molecule has 3 rings (SSSR count). The van der Waals surface area contributed by atoms with Crippen molar-refractivity contribution in [1.29, 1.82) is 0 Å². The number of aryl methyl sites for hydroxylation is 1. The number of hydrogen-bond acceptors (Lipinski definition) is 1. The van der Waals surface area contributed by atoms with Crippen molar-refractivity contribution in [1.82, 2.24) is 0 Å². The molecule has 1 saturated carbocycles. The van der Waals surface area contributed by atoms with Gasteiger partial charge in [-0.3, -0.25) is 0 Å². The van der Waals surface area contributed by atoms with Gasteiger partial charge >= 0.3 is 0 Å². The number of para-hydroxylation sites is 1. The Balaban J connectivity index is 2.08. The van der Waals surface area contributed by atoms with Gasteiger partial charge in [0.2, 0.25) is 0 Å². The highest BCUT2D eigenvalue weighted by molar-refractivity contribution is 14.1. The zero-order chi connectivity index (χ0) is 9.71. The number of hydrogen-bond donors (Lipinski definition) is 1. The summed E-state index contributed by atoms with van der Waals surface area (Å²) in [7, 11) is 0. The van der Waals surface area contributed by atoms with E-state index in [1.54, 1.807) is 5.56 Å². The van der Waals surface area contributed by atoms with Crippen LogP contribution >= 0.6 is 22.6 Å². The Morgan fingerprint density at radius 3 is 3.07 bits per heavy atom. The Kier molecular flexibility index (Phi) is 2.01. The molecule has 1 aliphatic carbocycles. The molecule has 0 bridgehead atoms. The maximum absolute atomic E-state index is 3.71. The summed E-state index contributed by atoms with van der Waals surface area (Å²) in [6, 6.07) is 7.40. The van der Waals surface area contributed by atoms with Gasteiger partial charge < -0.3 is 5.32 Å². The van der Waals surface area contributed by atoms with Crippen LogP contribution < -0.4 is 5.32 Å². The lowest BCUT2D eigenvalue weighted by atomic mass is 9.96. The molecule has 1 aliphatic heterocycles. The van der Waals surface area contributed by atoms with Crippen LogP contribution in [0.3, 0.4) is 0 Å². The zero-order valence-electron chi connectivity index (χ0n) is 8.26. The van der Waals surface area contributed by atoms with Crippen molar-refractivity contribution in [3.63, 3.8) is 0 Å². The molecule has 0 spiro atoms. The Hall–Kier alpha value is -0.250. The molecule has 0 saturated heterocycles.